The molecule has 31 heavy (non-hydrogen) atoms. The van der Waals surface area contributed by atoms with Crippen molar-refractivity contribution in [3.05, 3.63) is 90.0 Å². The SMILES string of the molecule is CN1CCC(Oc2cccc(CNC(=O)c3cccc(Oc4ccccc4)c3)c2)CC1. The molecule has 1 saturated heterocycles. The second-order valence-corrected chi connectivity index (χ2v) is 7.89. The van der Waals surface area contributed by atoms with Gasteiger partial charge >= 0.3 is 0 Å². The molecule has 0 radical (unpaired) electrons. The van der Waals surface area contributed by atoms with Gasteiger partial charge in [0, 0.05) is 25.2 Å². The molecule has 0 bridgehead atoms. The zero-order valence-corrected chi connectivity index (χ0v) is 17.8. The van der Waals surface area contributed by atoms with Gasteiger partial charge < -0.3 is 19.7 Å². The fourth-order valence-electron chi connectivity index (χ4n) is 3.63. The quantitative estimate of drug-likeness (QED) is 0.596. The van der Waals surface area contributed by atoms with Gasteiger partial charge in [-0.05, 0) is 67.9 Å². The molecule has 3 aromatic rings. The number of rotatable bonds is 7. The number of hydrogen-bond acceptors (Lipinski definition) is 4. The van der Waals surface area contributed by atoms with Gasteiger partial charge in [-0.25, -0.2) is 0 Å². The first-order chi connectivity index (χ1) is 15.2. The van der Waals surface area contributed by atoms with Crippen LogP contribution in [0.3, 0.4) is 0 Å². The maximum Gasteiger partial charge on any atom is 0.251 e. The largest absolute Gasteiger partial charge is 0.490 e. The molecule has 3 aromatic carbocycles. The molecule has 5 nitrogen and oxygen atoms in total. The average molecular weight is 417 g/mol. The van der Waals surface area contributed by atoms with Crippen LogP contribution in [-0.2, 0) is 6.54 Å². The summed E-state index contributed by atoms with van der Waals surface area (Å²) >= 11 is 0. The number of nitrogens with one attached hydrogen (secondary N) is 1. The van der Waals surface area contributed by atoms with Gasteiger partial charge in [0.2, 0.25) is 0 Å². The monoisotopic (exact) mass is 416 g/mol. The highest BCUT2D eigenvalue weighted by molar-refractivity contribution is 5.94. The van der Waals surface area contributed by atoms with Gasteiger partial charge in [-0.15, -0.1) is 0 Å². The maximum atomic E-state index is 12.7. The van der Waals surface area contributed by atoms with E-state index in [1.807, 2.05) is 66.7 Å². The van der Waals surface area contributed by atoms with Crippen LogP contribution in [0.1, 0.15) is 28.8 Å². The predicted octanol–water partition coefficient (Wildman–Crippen LogP) is 4.88. The lowest BCUT2D eigenvalue weighted by Gasteiger charge is -2.29. The molecule has 160 valence electrons. The second kappa shape index (κ2) is 10.1. The summed E-state index contributed by atoms with van der Waals surface area (Å²) in [5.74, 6) is 2.09. The molecule has 5 heteroatoms. The molecule has 1 aliphatic heterocycles. The molecule has 1 heterocycles. The number of benzene rings is 3. The van der Waals surface area contributed by atoms with E-state index in [4.69, 9.17) is 9.47 Å². The van der Waals surface area contributed by atoms with E-state index in [0.717, 1.165) is 43.0 Å². The van der Waals surface area contributed by atoms with E-state index in [0.29, 0.717) is 17.9 Å². The third-order valence-corrected chi connectivity index (χ3v) is 5.39. The molecule has 0 aromatic heterocycles. The first-order valence-electron chi connectivity index (χ1n) is 10.7. The summed E-state index contributed by atoms with van der Waals surface area (Å²) in [6, 6.07) is 24.7. The van der Waals surface area contributed by atoms with Crippen LogP contribution in [0.2, 0.25) is 0 Å². The summed E-state index contributed by atoms with van der Waals surface area (Å²) in [5.41, 5.74) is 1.57. The summed E-state index contributed by atoms with van der Waals surface area (Å²) in [7, 11) is 2.14. The lowest BCUT2D eigenvalue weighted by atomic mass is 10.1. The Morgan fingerprint density at radius 1 is 0.903 bits per heavy atom. The van der Waals surface area contributed by atoms with E-state index in [1.54, 1.807) is 12.1 Å². The van der Waals surface area contributed by atoms with Crippen molar-refractivity contribution in [2.45, 2.75) is 25.5 Å². The Bertz CT molecular complexity index is 998. The number of para-hydroxylation sites is 1. The maximum absolute atomic E-state index is 12.7. The fourth-order valence-corrected chi connectivity index (χ4v) is 3.63. The van der Waals surface area contributed by atoms with Gasteiger partial charge in [0.15, 0.2) is 0 Å². The van der Waals surface area contributed by atoms with E-state index < -0.39 is 0 Å². The Kier molecular flexibility index (Phi) is 6.85. The van der Waals surface area contributed by atoms with Gasteiger partial charge in [0.25, 0.3) is 5.91 Å². The number of nitrogens with zero attached hydrogens (tertiary/aromatic N) is 1. The van der Waals surface area contributed by atoms with Crippen molar-refractivity contribution >= 4 is 5.91 Å². The zero-order valence-electron chi connectivity index (χ0n) is 17.8. The van der Waals surface area contributed by atoms with Crippen molar-refractivity contribution in [2.75, 3.05) is 20.1 Å². The van der Waals surface area contributed by atoms with Crippen LogP contribution in [0, 0.1) is 0 Å². The Morgan fingerprint density at radius 2 is 1.61 bits per heavy atom. The number of carbonyl (C=O) groups is 1. The normalized spacial score (nSPS) is 14.7. The third-order valence-electron chi connectivity index (χ3n) is 5.39. The first-order valence-corrected chi connectivity index (χ1v) is 10.7. The number of piperidine rings is 1. The molecular weight excluding hydrogens is 388 g/mol. The van der Waals surface area contributed by atoms with E-state index in [-0.39, 0.29) is 12.0 Å². The van der Waals surface area contributed by atoms with Crippen molar-refractivity contribution < 1.29 is 14.3 Å². The molecule has 0 saturated carbocycles. The summed E-state index contributed by atoms with van der Waals surface area (Å²) in [4.78, 5) is 15.0. The Hall–Kier alpha value is -3.31. The number of hydrogen-bond donors (Lipinski definition) is 1. The van der Waals surface area contributed by atoms with Crippen LogP contribution >= 0.6 is 0 Å². The van der Waals surface area contributed by atoms with E-state index in [9.17, 15) is 4.79 Å². The minimum Gasteiger partial charge on any atom is -0.490 e. The van der Waals surface area contributed by atoms with Crippen molar-refractivity contribution in [2.24, 2.45) is 0 Å². The van der Waals surface area contributed by atoms with E-state index >= 15 is 0 Å². The Labute approximate surface area is 183 Å². The lowest BCUT2D eigenvalue weighted by molar-refractivity contribution is 0.0950. The average Bonchev–Trinajstić information content (AvgIpc) is 2.80. The molecule has 0 aliphatic carbocycles. The van der Waals surface area contributed by atoms with Gasteiger partial charge in [-0.1, -0.05) is 36.4 Å². The lowest BCUT2D eigenvalue weighted by Crippen LogP contribution is -2.35. The Morgan fingerprint density at radius 3 is 2.42 bits per heavy atom. The number of carbonyl (C=O) groups excluding carboxylic acids is 1. The van der Waals surface area contributed by atoms with Gasteiger partial charge in [0.1, 0.15) is 23.4 Å². The summed E-state index contributed by atoms with van der Waals surface area (Å²) in [6.45, 7) is 2.56. The number of ether oxygens (including phenoxy) is 2. The van der Waals surface area contributed by atoms with Crippen molar-refractivity contribution in [1.29, 1.82) is 0 Å². The molecule has 1 aliphatic rings. The smallest absolute Gasteiger partial charge is 0.251 e. The van der Waals surface area contributed by atoms with Gasteiger partial charge in [-0.3, -0.25) is 4.79 Å². The fraction of sp³-hybridized carbons (Fsp3) is 0.269. The number of amides is 1. The highest BCUT2D eigenvalue weighted by atomic mass is 16.5. The molecule has 0 unspecified atom stereocenters. The summed E-state index contributed by atoms with van der Waals surface area (Å²) in [5, 5.41) is 2.99. The second-order valence-electron chi connectivity index (χ2n) is 7.89. The van der Waals surface area contributed by atoms with Gasteiger partial charge in [0.05, 0.1) is 0 Å². The third kappa shape index (κ3) is 6.09. The van der Waals surface area contributed by atoms with E-state index in [2.05, 4.69) is 17.3 Å². The highest BCUT2D eigenvalue weighted by Gasteiger charge is 2.18. The number of likely N-dealkylation sites (tertiary alicyclic amines) is 1. The van der Waals surface area contributed by atoms with Crippen LogP contribution in [-0.4, -0.2) is 37.0 Å². The topological polar surface area (TPSA) is 50.8 Å². The minimum atomic E-state index is -0.139. The molecule has 1 fully saturated rings. The predicted molar refractivity (Wildman–Crippen MR) is 122 cm³/mol. The first kappa shape index (κ1) is 20.9. The zero-order chi connectivity index (χ0) is 21.5. The molecule has 0 atom stereocenters. The molecule has 4 rings (SSSR count). The van der Waals surface area contributed by atoms with Crippen molar-refractivity contribution in [3.63, 3.8) is 0 Å². The minimum absolute atomic E-state index is 0.139. The molecule has 1 N–H and O–H groups in total. The van der Waals surface area contributed by atoms with Gasteiger partial charge in [-0.2, -0.15) is 0 Å². The summed E-state index contributed by atoms with van der Waals surface area (Å²) < 4.78 is 12.0. The van der Waals surface area contributed by atoms with Crippen LogP contribution in [0.15, 0.2) is 78.9 Å². The molecule has 1 amide bonds. The van der Waals surface area contributed by atoms with Crippen LogP contribution in [0.25, 0.3) is 0 Å². The molecular formula is C26H28N2O3. The van der Waals surface area contributed by atoms with Crippen molar-refractivity contribution in [1.82, 2.24) is 10.2 Å². The van der Waals surface area contributed by atoms with Crippen LogP contribution < -0.4 is 14.8 Å². The Balaban J connectivity index is 1.33. The summed E-state index contributed by atoms with van der Waals surface area (Å²) in [6.07, 6.45) is 2.34. The standard InChI is InChI=1S/C26H28N2O3/c1-28-15-13-23(14-16-28)31-24-11-5-7-20(17-24)19-27-26(29)21-8-6-12-25(18-21)30-22-9-3-2-4-10-22/h2-12,17-18,23H,13-16,19H2,1H3,(H,27,29). The van der Waals surface area contributed by atoms with Crippen LogP contribution in [0.5, 0.6) is 17.2 Å². The van der Waals surface area contributed by atoms with E-state index in [1.165, 1.54) is 0 Å². The van der Waals surface area contributed by atoms with Crippen LogP contribution in [0.4, 0.5) is 0 Å². The molecule has 0 spiro atoms. The van der Waals surface area contributed by atoms with Crippen molar-refractivity contribution in [3.8, 4) is 17.2 Å². The highest BCUT2D eigenvalue weighted by Crippen LogP contribution is 2.22.